The van der Waals surface area contributed by atoms with E-state index in [-0.39, 0.29) is 0 Å². The van der Waals surface area contributed by atoms with Gasteiger partial charge < -0.3 is 4.90 Å². The van der Waals surface area contributed by atoms with Crippen LogP contribution in [0.5, 0.6) is 0 Å². The summed E-state index contributed by atoms with van der Waals surface area (Å²) in [6, 6.07) is 87.7. The predicted molar refractivity (Wildman–Crippen MR) is 293 cm³/mol. The largest absolute Gasteiger partial charge is 0.307 e. The molecule has 0 spiro atoms. The molecule has 0 fully saturated rings. The number of thiophene rings is 2. The van der Waals surface area contributed by atoms with E-state index in [2.05, 4.69) is 241 Å². The summed E-state index contributed by atoms with van der Waals surface area (Å²) in [6.45, 7) is 0. The van der Waals surface area contributed by atoms with Crippen LogP contribution in [-0.4, -0.2) is 0 Å². The minimum atomic E-state index is 1.16. The molecule has 1 nitrogen and oxygen atoms in total. The number of rotatable bonds is 6. The molecule has 2 aromatic heterocycles. The van der Waals surface area contributed by atoms with Gasteiger partial charge >= 0.3 is 0 Å². The minimum absolute atomic E-state index is 1.16. The average Bonchev–Trinajstić information content (AvgIpc) is 3.98. The highest BCUT2D eigenvalue weighted by Crippen LogP contribution is 2.51. The SMILES string of the molecule is c1ccc2c(-c3ccc(-c4ccc(-c5ccc(N(c6cccc7c6sc6ccccc67)c6cccc7c6sc6ccccc67)c6ccccc56)c5ccccc45)c4ccccc34)cccc2c1. The second-order valence-electron chi connectivity index (χ2n) is 17.5. The van der Waals surface area contributed by atoms with Gasteiger partial charge in [0.2, 0.25) is 0 Å². The van der Waals surface area contributed by atoms with Crippen LogP contribution in [0.15, 0.2) is 237 Å². The van der Waals surface area contributed by atoms with Crippen molar-refractivity contribution < 1.29 is 0 Å². The summed E-state index contributed by atoms with van der Waals surface area (Å²) >= 11 is 3.77. The van der Waals surface area contributed by atoms with Gasteiger partial charge in [-0.1, -0.05) is 206 Å². The van der Waals surface area contributed by atoms with Crippen molar-refractivity contribution >= 4 is 123 Å². The summed E-state index contributed by atoms with van der Waals surface area (Å²) < 4.78 is 5.17. The van der Waals surface area contributed by atoms with E-state index in [4.69, 9.17) is 0 Å². The van der Waals surface area contributed by atoms with Crippen molar-refractivity contribution in [2.75, 3.05) is 4.90 Å². The first kappa shape index (κ1) is 38.2. The van der Waals surface area contributed by atoms with Crippen molar-refractivity contribution in [1.82, 2.24) is 0 Å². The molecule has 0 bridgehead atoms. The van der Waals surface area contributed by atoms with Crippen molar-refractivity contribution in [3.8, 4) is 33.4 Å². The summed E-state index contributed by atoms with van der Waals surface area (Å²) in [4.78, 5) is 2.55. The molecule has 0 atom stereocenters. The lowest BCUT2D eigenvalue weighted by atomic mass is 9.86. The van der Waals surface area contributed by atoms with Crippen LogP contribution < -0.4 is 4.90 Å². The maximum atomic E-state index is 2.55. The van der Waals surface area contributed by atoms with Gasteiger partial charge in [-0.25, -0.2) is 0 Å². The van der Waals surface area contributed by atoms with Crippen LogP contribution in [0.2, 0.25) is 0 Å². The maximum absolute atomic E-state index is 2.55. The van der Waals surface area contributed by atoms with E-state index in [1.54, 1.807) is 0 Å². The summed E-state index contributed by atoms with van der Waals surface area (Å²) in [5, 5.41) is 15.1. The average molecular weight is 886 g/mol. The summed E-state index contributed by atoms with van der Waals surface area (Å²) in [5.41, 5.74) is 11.0. The molecule has 0 aliphatic rings. The molecule has 3 heteroatoms. The van der Waals surface area contributed by atoms with Crippen LogP contribution >= 0.6 is 22.7 Å². The molecule has 0 unspecified atom stereocenters. The topological polar surface area (TPSA) is 3.24 Å². The van der Waals surface area contributed by atoms with Crippen LogP contribution in [-0.2, 0) is 0 Å². The molecule has 0 radical (unpaired) electrons. The fourth-order valence-electron chi connectivity index (χ4n) is 10.9. The molecule has 67 heavy (non-hydrogen) atoms. The molecular formula is C64H39NS2. The fraction of sp³-hybridized carbons (Fsp3) is 0. The number of benzene rings is 12. The molecule has 0 aliphatic carbocycles. The number of fused-ring (bicyclic) bond motifs is 10. The van der Waals surface area contributed by atoms with Gasteiger partial charge in [-0.05, 0) is 101 Å². The monoisotopic (exact) mass is 885 g/mol. The lowest BCUT2D eigenvalue weighted by molar-refractivity contribution is 1.34. The number of hydrogen-bond donors (Lipinski definition) is 0. The van der Waals surface area contributed by atoms with Crippen LogP contribution in [0, 0.1) is 0 Å². The van der Waals surface area contributed by atoms with Crippen molar-refractivity contribution in [3.63, 3.8) is 0 Å². The van der Waals surface area contributed by atoms with Crippen molar-refractivity contribution in [1.29, 1.82) is 0 Å². The molecule has 0 amide bonds. The molecule has 2 heterocycles. The predicted octanol–water partition coefficient (Wildman–Crippen LogP) is 19.5. The number of hydrogen-bond acceptors (Lipinski definition) is 3. The molecular weight excluding hydrogens is 847 g/mol. The first-order chi connectivity index (χ1) is 33.3. The Bertz CT molecular complexity index is 4190. The molecule has 0 saturated carbocycles. The van der Waals surface area contributed by atoms with E-state index < -0.39 is 0 Å². The Morgan fingerprint density at radius 2 is 0.537 bits per heavy atom. The third kappa shape index (κ3) is 5.92. The Kier molecular flexibility index (Phi) is 8.70. The molecule has 312 valence electrons. The zero-order valence-electron chi connectivity index (χ0n) is 36.3. The van der Waals surface area contributed by atoms with Crippen LogP contribution in [0.25, 0.3) is 117 Å². The highest BCUT2D eigenvalue weighted by molar-refractivity contribution is 7.27. The Labute approximate surface area is 395 Å². The van der Waals surface area contributed by atoms with E-state index in [9.17, 15) is 0 Å². The van der Waals surface area contributed by atoms with Gasteiger partial charge in [0.15, 0.2) is 0 Å². The highest BCUT2D eigenvalue weighted by Gasteiger charge is 2.24. The number of anilines is 3. The third-order valence-corrected chi connectivity index (χ3v) is 16.3. The number of nitrogens with zero attached hydrogens (tertiary/aromatic N) is 1. The first-order valence-corrected chi connectivity index (χ1v) is 24.5. The van der Waals surface area contributed by atoms with E-state index in [0.717, 1.165) is 5.69 Å². The smallest absolute Gasteiger partial charge is 0.0641 e. The second kappa shape index (κ2) is 15.3. The van der Waals surface area contributed by atoms with Crippen LogP contribution in [0.3, 0.4) is 0 Å². The normalized spacial score (nSPS) is 11.9. The van der Waals surface area contributed by atoms with E-state index in [0.29, 0.717) is 0 Å². The Balaban J connectivity index is 0.973. The van der Waals surface area contributed by atoms with Crippen molar-refractivity contribution in [2.24, 2.45) is 0 Å². The van der Waals surface area contributed by atoms with Gasteiger partial charge in [0.25, 0.3) is 0 Å². The highest BCUT2D eigenvalue weighted by atomic mass is 32.1. The third-order valence-electron chi connectivity index (χ3n) is 13.9. The Morgan fingerprint density at radius 3 is 1.03 bits per heavy atom. The lowest BCUT2D eigenvalue weighted by Crippen LogP contribution is -2.11. The Morgan fingerprint density at radius 1 is 0.209 bits per heavy atom. The summed E-state index contributed by atoms with van der Waals surface area (Å²) in [5.74, 6) is 0. The van der Waals surface area contributed by atoms with Crippen LogP contribution in [0.1, 0.15) is 0 Å². The van der Waals surface area contributed by atoms with Gasteiger partial charge in [0, 0.05) is 36.3 Å². The lowest BCUT2D eigenvalue weighted by Gasteiger charge is -2.28. The van der Waals surface area contributed by atoms with Gasteiger partial charge in [-0.3, -0.25) is 0 Å². The zero-order chi connectivity index (χ0) is 44.0. The molecule has 12 aromatic carbocycles. The molecule has 0 saturated heterocycles. The van der Waals surface area contributed by atoms with Gasteiger partial charge in [-0.2, -0.15) is 0 Å². The van der Waals surface area contributed by atoms with E-state index in [1.807, 2.05) is 22.7 Å². The standard InChI is InChI=1S/C64H39NS2/c1-2-18-41-40(16-1)17-13-27-42(41)48-34-35-49(44-20-4-3-19-43(44)48)50-36-37-51(46-22-6-5-21-45(46)50)52-38-39-58(53-24-8-7-23-47(52)53)65(59-30-14-28-56-54-25-9-11-32-61(54)66-63(56)59)60-31-15-29-57-55-26-10-12-33-62(55)67-64(57)60/h1-39H. The second-order valence-corrected chi connectivity index (χ2v) is 19.6. The molecule has 0 aliphatic heterocycles. The maximum Gasteiger partial charge on any atom is 0.0641 e. The van der Waals surface area contributed by atoms with E-state index >= 15 is 0 Å². The first-order valence-electron chi connectivity index (χ1n) is 22.9. The van der Waals surface area contributed by atoms with Crippen LogP contribution in [0.4, 0.5) is 17.1 Å². The van der Waals surface area contributed by atoms with Gasteiger partial charge in [0.1, 0.15) is 0 Å². The zero-order valence-corrected chi connectivity index (χ0v) is 37.9. The molecule has 14 rings (SSSR count). The minimum Gasteiger partial charge on any atom is -0.307 e. The molecule has 14 aromatic rings. The fourth-order valence-corrected chi connectivity index (χ4v) is 13.3. The van der Waals surface area contributed by atoms with Crippen molar-refractivity contribution in [3.05, 3.63) is 237 Å². The quantitative estimate of drug-likeness (QED) is 0.161. The summed E-state index contributed by atoms with van der Waals surface area (Å²) in [6.07, 6.45) is 0. The van der Waals surface area contributed by atoms with E-state index in [1.165, 1.54) is 128 Å². The summed E-state index contributed by atoms with van der Waals surface area (Å²) in [7, 11) is 0. The Hall–Kier alpha value is -8.08. The van der Waals surface area contributed by atoms with Gasteiger partial charge in [-0.15, -0.1) is 22.7 Å². The van der Waals surface area contributed by atoms with Gasteiger partial charge in [0.05, 0.1) is 26.5 Å². The molecule has 0 N–H and O–H groups in total. The van der Waals surface area contributed by atoms with Crippen molar-refractivity contribution in [2.45, 2.75) is 0 Å².